The maximum atomic E-state index is 12.2. The van der Waals surface area contributed by atoms with Gasteiger partial charge in [-0.15, -0.1) is 0 Å². The normalized spacial score (nSPS) is 11.5. The van der Waals surface area contributed by atoms with Crippen molar-refractivity contribution in [3.63, 3.8) is 0 Å². The first-order chi connectivity index (χ1) is 11.8. The molecule has 0 atom stereocenters. The van der Waals surface area contributed by atoms with Gasteiger partial charge in [-0.1, -0.05) is 26.8 Å². The Morgan fingerprint density at radius 1 is 1.12 bits per heavy atom. The molecule has 0 unspecified atom stereocenters. The highest BCUT2D eigenvalue weighted by Gasteiger charge is 2.16. The van der Waals surface area contributed by atoms with Crippen molar-refractivity contribution >= 4 is 16.9 Å². The van der Waals surface area contributed by atoms with E-state index in [1.54, 1.807) is 24.5 Å². The molecule has 0 fully saturated rings. The Kier molecular flexibility index (Phi) is 4.40. The van der Waals surface area contributed by atoms with Gasteiger partial charge < -0.3 is 9.73 Å². The number of rotatable bonds is 3. The molecule has 0 bridgehead atoms. The number of nitrogens with one attached hydrogen (secondary N) is 1. The van der Waals surface area contributed by atoms with Crippen LogP contribution in [0, 0.1) is 0 Å². The van der Waals surface area contributed by atoms with Crippen molar-refractivity contribution in [1.82, 2.24) is 10.3 Å². The number of carbonyl (C=O) groups excluding carboxylic acids is 1. The van der Waals surface area contributed by atoms with Crippen LogP contribution >= 0.6 is 0 Å². The van der Waals surface area contributed by atoms with Gasteiger partial charge in [-0.05, 0) is 40.8 Å². The lowest BCUT2D eigenvalue weighted by Crippen LogP contribution is -2.23. The molecule has 0 radical (unpaired) electrons. The molecule has 2 aromatic heterocycles. The van der Waals surface area contributed by atoms with Crippen LogP contribution in [-0.4, -0.2) is 10.9 Å². The predicted molar refractivity (Wildman–Crippen MR) is 96.6 cm³/mol. The molecule has 2 heterocycles. The molecule has 1 N–H and O–H groups in total. The van der Waals surface area contributed by atoms with Crippen molar-refractivity contribution in [3.05, 3.63) is 75.9 Å². The fourth-order valence-electron chi connectivity index (χ4n) is 2.62. The van der Waals surface area contributed by atoms with Crippen LogP contribution in [0.15, 0.2) is 58.0 Å². The van der Waals surface area contributed by atoms with Crippen molar-refractivity contribution in [1.29, 1.82) is 0 Å². The minimum Gasteiger partial charge on any atom is -0.423 e. The number of nitrogens with zero attached hydrogens (tertiary/aromatic N) is 1. The highest BCUT2D eigenvalue weighted by atomic mass is 16.4. The Hall–Kier alpha value is -2.95. The molecule has 0 saturated carbocycles. The molecule has 3 rings (SSSR count). The monoisotopic (exact) mass is 336 g/mol. The number of amides is 1. The maximum absolute atomic E-state index is 12.2. The van der Waals surface area contributed by atoms with E-state index in [2.05, 4.69) is 31.1 Å². The largest absolute Gasteiger partial charge is 0.423 e. The highest BCUT2D eigenvalue weighted by Crippen LogP contribution is 2.27. The van der Waals surface area contributed by atoms with Gasteiger partial charge in [-0.2, -0.15) is 0 Å². The first-order valence-corrected chi connectivity index (χ1v) is 8.10. The van der Waals surface area contributed by atoms with Crippen LogP contribution < -0.4 is 10.9 Å². The third-order valence-electron chi connectivity index (χ3n) is 4.08. The van der Waals surface area contributed by atoms with Crippen LogP contribution in [0.1, 0.15) is 42.3 Å². The van der Waals surface area contributed by atoms with Gasteiger partial charge in [0.15, 0.2) is 0 Å². The molecule has 1 amide bonds. The molecule has 5 heteroatoms. The first kappa shape index (κ1) is 16.9. The Labute approximate surface area is 145 Å². The SMILES string of the molecule is CC(C)(C)c1ccc2oc(=O)cc(CNC(=O)c3ccncc3)c2c1. The summed E-state index contributed by atoms with van der Waals surface area (Å²) in [5, 5.41) is 3.68. The molecule has 0 saturated heterocycles. The zero-order valence-corrected chi connectivity index (χ0v) is 14.5. The quantitative estimate of drug-likeness (QED) is 0.744. The summed E-state index contributed by atoms with van der Waals surface area (Å²) in [4.78, 5) is 27.9. The molecule has 0 aliphatic carbocycles. The van der Waals surface area contributed by atoms with E-state index in [9.17, 15) is 9.59 Å². The number of carbonyl (C=O) groups is 1. The smallest absolute Gasteiger partial charge is 0.336 e. The van der Waals surface area contributed by atoms with Crippen LogP contribution in [0.3, 0.4) is 0 Å². The number of hydrogen-bond acceptors (Lipinski definition) is 4. The molecule has 1 aromatic carbocycles. The van der Waals surface area contributed by atoms with Gasteiger partial charge in [0.05, 0.1) is 0 Å². The van der Waals surface area contributed by atoms with Gasteiger partial charge in [0, 0.05) is 36.0 Å². The summed E-state index contributed by atoms with van der Waals surface area (Å²) >= 11 is 0. The average Bonchev–Trinajstić information content (AvgIpc) is 2.58. The first-order valence-electron chi connectivity index (χ1n) is 8.10. The van der Waals surface area contributed by atoms with E-state index in [1.807, 2.05) is 18.2 Å². The molecule has 25 heavy (non-hydrogen) atoms. The third-order valence-corrected chi connectivity index (χ3v) is 4.08. The maximum Gasteiger partial charge on any atom is 0.336 e. The van der Waals surface area contributed by atoms with E-state index >= 15 is 0 Å². The number of pyridine rings is 1. The summed E-state index contributed by atoms with van der Waals surface area (Å²) in [5.41, 5.74) is 2.47. The number of hydrogen-bond donors (Lipinski definition) is 1. The summed E-state index contributed by atoms with van der Waals surface area (Å²) in [6.45, 7) is 6.62. The topological polar surface area (TPSA) is 72.2 Å². The summed E-state index contributed by atoms with van der Waals surface area (Å²) in [7, 11) is 0. The molecule has 0 spiro atoms. The molecular formula is C20H20N2O3. The van der Waals surface area contributed by atoms with Crippen molar-refractivity contribution < 1.29 is 9.21 Å². The van der Waals surface area contributed by atoms with Gasteiger partial charge in [0.25, 0.3) is 5.91 Å². The van der Waals surface area contributed by atoms with E-state index in [1.165, 1.54) is 6.07 Å². The molecule has 0 aliphatic rings. The summed E-state index contributed by atoms with van der Waals surface area (Å²) in [5.74, 6) is -0.212. The average molecular weight is 336 g/mol. The van der Waals surface area contributed by atoms with Gasteiger partial charge in [-0.3, -0.25) is 9.78 Å². The second-order valence-corrected chi connectivity index (χ2v) is 6.97. The fraction of sp³-hybridized carbons (Fsp3) is 0.250. The third kappa shape index (κ3) is 3.76. The van der Waals surface area contributed by atoms with Crippen molar-refractivity contribution in [3.8, 4) is 0 Å². The Balaban J connectivity index is 1.94. The fourth-order valence-corrected chi connectivity index (χ4v) is 2.62. The molecule has 3 aromatic rings. The number of aromatic nitrogens is 1. The van der Waals surface area contributed by atoms with Crippen molar-refractivity contribution in [2.45, 2.75) is 32.7 Å². The van der Waals surface area contributed by atoms with Crippen LogP contribution in [-0.2, 0) is 12.0 Å². The summed E-state index contributed by atoms with van der Waals surface area (Å²) < 4.78 is 5.28. The minimum absolute atomic E-state index is 0.0259. The number of benzene rings is 1. The lowest BCUT2D eigenvalue weighted by molar-refractivity contribution is 0.0951. The Morgan fingerprint density at radius 3 is 2.52 bits per heavy atom. The van der Waals surface area contributed by atoms with Crippen LogP contribution in [0.25, 0.3) is 11.0 Å². The number of fused-ring (bicyclic) bond motifs is 1. The van der Waals surface area contributed by atoms with Crippen LogP contribution in [0.5, 0.6) is 0 Å². The second kappa shape index (κ2) is 6.51. The molecule has 5 nitrogen and oxygen atoms in total. The summed E-state index contributed by atoms with van der Waals surface area (Å²) in [6.07, 6.45) is 3.13. The standard InChI is InChI=1S/C20H20N2O3/c1-20(2,3)15-4-5-17-16(11-15)14(10-18(23)25-17)12-22-19(24)13-6-8-21-9-7-13/h4-11H,12H2,1-3H3,(H,22,24). The zero-order chi connectivity index (χ0) is 18.0. The lowest BCUT2D eigenvalue weighted by atomic mass is 9.86. The highest BCUT2D eigenvalue weighted by molar-refractivity contribution is 5.94. The molecule has 128 valence electrons. The lowest BCUT2D eigenvalue weighted by Gasteiger charge is -2.19. The Morgan fingerprint density at radius 2 is 1.84 bits per heavy atom. The van der Waals surface area contributed by atoms with Gasteiger partial charge in [0.2, 0.25) is 0 Å². The minimum atomic E-state index is -0.427. The van der Waals surface area contributed by atoms with Crippen molar-refractivity contribution in [2.24, 2.45) is 0 Å². The van der Waals surface area contributed by atoms with Crippen LogP contribution in [0.4, 0.5) is 0 Å². The summed E-state index contributed by atoms with van der Waals surface area (Å²) in [6, 6.07) is 10.5. The van der Waals surface area contributed by atoms with Crippen molar-refractivity contribution in [2.75, 3.05) is 0 Å². The van der Waals surface area contributed by atoms with Gasteiger partial charge >= 0.3 is 5.63 Å². The zero-order valence-electron chi connectivity index (χ0n) is 14.5. The van der Waals surface area contributed by atoms with Gasteiger partial charge in [0.1, 0.15) is 5.58 Å². The van der Waals surface area contributed by atoms with Crippen LogP contribution in [0.2, 0.25) is 0 Å². The van der Waals surface area contributed by atoms with Gasteiger partial charge in [-0.25, -0.2) is 4.79 Å². The van der Waals surface area contributed by atoms with E-state index < -0.39 is 5.63 Å². The van der Waals surface area contributed by atoms with E-state index in [0.29, 0.717) is 11.1 Å². The molecule has 0 aliphatic heterocycles. The predicted octanol–water partition coefficient (Wildman–Crippen LogP) is 3.42. The molecular weight excluding hydrogens is 316 g/mol. The van der Waals surface area contributed by atoms with E-state index in [0.717, 1.165) is 16.5 Å². The Bertz CT molecular complexity index is 970. The van der Waals surface area contributed by atoms with E-state index in [4.69, 9.17) is 4.42 Å². The van der Waals surface area contributed by atoms with E-state index in [-0.39, 0.29) is 17.9 Å². The second-order valence-electron chi connectivity index (χ2n) is 6.97.